The van der Waals surface area contributed by atoms with Crippen LogP contribution in [-0.2, 0) is 17.6 Å². The summed E-state index contributed by atoms with van der Waals surface area (Å²) in [6.45, 7) is 0. The average molecular weight is 321 g/mol. The van der Waals surface area contributed by atoms with Gasteiger partial charge in [0, 0.05) is 23.6 Å². The molecule has 18 heavy (non-hydrogen) atoms. The minimum Gasteiger partial charge on any atom is -0.296 e. The lowest BCUT2D eigenvalue weighted by atomic mass is 10.1. The van der Waals surface area contributed by atoms with E-state index in [4.69, 9.17) is 23.2 Å². The first kappa shape index (κ1) is 13.9. The zero-order valence-corrected chi connectivity index (χ0v) is 12.4. The zero-order valence-electron chi connectivity index (χ0n) is 9.25. The van der Waals surface area contributed by atoms with Gasteiger partial charge >= 0.3 is 0 Å². The van der Waals surface area contributed by atoms with Gasteiger partial charge in [0.05, 0.1) is 33.2 Å². The highest BCUT2D eigenvalue weighted by molar-refractivity contribution is 7.07. The zero-order chi connectivity index (χ0) is 13.0. The average Bonchev–Trinajstić information content (AvgIpc) is 3.01. The van der Waals surface area contributed by atoms with Crippen LogP contribution in [-0.4, -0.2) is 26.5 Å². The molecular weight excluding hydrogens is 311 g/mol. The summed E-state index contributed by atoms with van der Waals surface area (Å²) in [5.41, 5.74) is 5.09. The second-order valence-corrected chi connectivity index (χ2v) is 6.20. The van der Waals surface area contributed by atoms with E-state index in [-0.39, 0.29) is 5.78 Å². The van der Waals surface area contributed by atoms with E-state index in [1.165, 1.54) is 22.7 Å². The fourth-order valence-electron chi connectivity index (χ4n) is 1.44. The first-order valence-corrected chi connectivity index (χ1v) is 7.98. The third-order valence-electron chi connectivity index (χ3n) is 2.36. The van der Waals surface area contributed by atoms with Crippen molar-refractivity contribution in [2.24, 2.45) is 0 Å². The summed E-state index contributed by atoms with van der Waals surface area (Å²) >= 11 is 15.1. The second-order valence-electron chi connectivity index (χ2n) is 3.71. The first-order valence-electron chi connectivity index (χ1n) is 5.23. The molecule has 0 aliphatic carbocycles. The van der Waals surface area contributed by atoms with E-state index in [2.05, 4.69) is 9.97 Å². The number of hydrogen-bond donors (Lipinski definition) is 0. The number of carbonyl (C=O) groups is 1. The van der Waals surface area contributed by atoms with Crippen molar-refractivity contribution in [3.8, 4) is 0 Å². The molecule has 2 unspecified atom stereocenters. The van der Waals surface area contributed by atoms with Crippen molar-refractivity contribution >= 4 is 51.7 Å². The normalized spacial score (nSPS) is 14.3. The molecule has 0 fully saturated rings. The molecule has 7 heteroatoms. The molecule has 0 bridgehead atoms. The maximum absolute atomic E-state index is 12.0. The SMILES string of the molecule is O=C(C(Cl)Cc1cscn1)C(Cl)Cc1cscn1. The molecule has 0 amide bonds. The number of ketones is 1. The van der Waals surface area contributed by atoms with Crippen LogP contribution in [0.2, 0.25) is 0 Å². The molecule has 0 saturated carbocycles. The number of carbonyl (C=O) groups excluding carboxylic acids is 1. The largest absolute Gasteiger partial charge is 0.296 e. The van der Waals surface area contributed by atoms with E-state index < -0.39 is 10.8 Å². The molecular formula is C11H10Cl2N2OS2. The molecule has 0 saturated heterocycles. The van der Waals surface area contributed by atoms with Gasteiger partial charge in [-0.15, -0.1) is 45.9 Å². The van der Waals surface area contributed by atoms with Gasteiger partial charge in [-0.25, -0.2) is 9.97 Å². The molecule has 0 radical (unpaired) electrons. The topological polar surface area (TPSA) is 42.9 Å². The van der Waals surface area contributed by atoms with Crippen molar-refractivity contribution < 1.29 is 4.79 Å². The molecule has 2 aromatic heterocycles. The van der Waals surface area contributed by atoms with Crippen molar-refractivity contribution in [3.63, 3.8) is 0 Å². The highest BCUT2D eigenvalue weighted by atomic mass is 35.5. The number of aromatic nitrogens is 2. The van der Waals surface area contributed by atoms with Crippen molar-refractivity contribution in [2.45, 2.75) is 23.6 Å². The van der Waals surface area contributed by atoms with E-state index in [0.717, 1.165) is 11.4 Å². The summed E-state index contributed by atoms with van der Waals surface area (Å²) in [5, 5.41) is 2.50. The summed E-state index contributed by atoms with van der Waals surface area (Å²) in [6, 6.07) is 0. The van der Waals surface area contributed by atoms with E-state index in [0.29, 0.717) is 12.8 Å². The molecule has 0 aliphatic heterocycles. The summed E-state index contributed by atoms with van der Waals surface area (Å²) < 4.78 is 0. The fourth-order valence-corrected chi connectivity index (χ4v) is 3.27. The fraction of sp³-hybridized carbons (Fsp3) is 0.364. The van der Waals surface area contributed by atoms with Crippen molar-refractivity contribution in [1.82, 2.24) is 9.97 Å². The molecule has 96 valence electrons. The van der Waals surface area contributed by atoms with Crippen LogP contribution in [0.4, 0.5) is 0 Å². The van der Waals surface area contributed by atoms with Gasteiger partial charge in [-0.2, -0.15) is 0 Å². The lowest BCUT2D eigenvalue weighted by Crippen LogP contribution is -2.28. The van der Waals surface area contributed by atoms with E-state index in [1.807, 2.05) is 10.8 Å². The van der Waals surface area contributed by atoms with Crippen LogP contribution in [0.25, 0.3) is 0 Å². The van der Waals surface area contributed by atoms with Crippen LogP contribution < -0.4 is 0 Å². The number of alkyl halides is 2. The standard InChI is InChI=1S/C11H10Cl2N2OS2/c12-9(1-7-3-17-5-14-7)11(16)10(13)2-8-4-18-6-15-8/h3-6,9-10H,1-2H2. The van der Waals surface area contributed by atoms with Gasteiger partial charge in [-0.3, -0.25) is 4.79 Å². The van der Waals surface area contributed by atoms with Crippen molar-refractivity contribution in [3.05, 3.63) is 33.2 Å². The number of halogens is 2. The van der Waals surface area contributed by atoms with Gasteiger partial charge in [0.25, 0.3) is 0 Å². The Hall–Kier alpha value is -0.490. The van der Waals surface area contributed by atoms with Gasteiger partial charge in [-0.05, 0) is 0 Å². The van der Waals surface area contributed by atoms with Crippen LogP contribution in [0.3, 0.4) is 0 Å². The number of rotatable bonds is 6. The smallest absolute Gasteiger partial charge is 0.169 e. The van der Waals surface area contributed by atoms with E-state index in [9.17, 15) is 4.79 Å². The Morgan fingerprint density at radius 1 is 1.06 bits per heavy atom. The van der Waals surface area contributed by atoms with E-state index in [1.54, 1.807) is 11.0 Å². The monoisotopic (exact) mass is 320 g/mol. The first-order chi connectivity index (χ1) is 8.66. The van der Waals surface area contributed by atoms with Gasteiger partial charge < -0.3 is 0 Å². The minimum absolute atomic E-state index is 0.167. The Kier molecular flexibility index (Phi) is 5.12. The number of hydrogen-bond acceptors (Lipinski definition) is 5. The molecule has 2 heterocycles. The Morgan fingerprint density at radius 2 is 1.50 bits per heavy atom. The summed E-state index contributed by atoms with van der Waals surface area (Å²) in [7, 11) is 0. The van der Waals surface area contributed by atoms with Crippen LogP contribution in [0, 0.1) is 0 Å². The highest BCUT2D eigenvalue weighted by Crippen LogP contribution is 2.16. The minimum atomic E-state index is -0.631. The number of Topliss-reactive ketones (excluding diaryl/α,β-unsaturated/α-hetero) is 1. The summed E-state index contributed by atoms with van der Waals surface area (Å²) in [5.74, 6) is -0.167. The van der Waals surface area contributed by atoms with Gasteiger partial charge in [-0.1, -0.05) is 0 Å². The summed E-state index contributed by atoms with van der Waals surface area (Å²) in [4.78, 5) is 20.2. The van der Waals surface area contributed by atoms with Crippen LogP contribution >= 0.6 is 45.9 Å². The summed E-state index contributed by atoms with van der Waals surface area (Å²) in [6.07, 6.45) is 0.842. The van der Waals surface area contributed by atoms with Gasteiger partial charge in [0.1, 0.15) is 0 Å². The van der Waals surface area contributed by atoms with E-state index >= 15 is 0 Å². The highest BCUT2D eigenvalue weighted by Gasteiger charge is 2.25. The molecule has 0 N–H and O–H groups in total. The molecule has 3 nitrogen and oxygen atoms in total. The lowest BCUT2D eigenvalue weighted by Gasteiger charge is -2.11. The second kappa shape index (κ2) is 6.61. The van der Waals surface area contributed by atoms with Gasteiger partial charge in [0.15, 0.2) is 5.78 Å². The number of nitrogens with zero attached hydrogens (tertiary/aromatic N) is 2. The third kappa shape index (κ3) is 3.75. The predicted molar refractivity (Wildman–Crippen MR) is 75.9 cm³/mol. The lowest BCUT2D eigenvalue weighted by molar-refractivity contribution is -0.118. The Morgan fingerprint density at radius 3 is 1.83 bits per heavy atom. The van der Waals surface area contributed by atoms with Crippen molar-refractivity contribution in [2.75, 3.05) is 0 Å². The predicted octanol–water partition coefficient (Wildman–Crippen LogP) is 3.17. The molecule has 0 aromatic carbocycles. The molecule has 0 aliphatic rings. The quantitative estimate of drug-likeness (QED) is 0.768. The molecule has 2 rings (SSSR count). The Balaban J connectivity index is 1.89. The van der Waals surface area contributed by atoms with Crippen molar-refractivity contribution in [1.29, 1.82) is 0 Å². The van der Waals surface area contributed by atoms with Crippen LogP contribution in [0.5, 0.6) is 0 Å². The third-order valence-corrected chi connectivity index (χ3v) is 4.37. The maximum atomic E-state index is 12.0. The Bertz CT molecular complexity index is 443. The molecule has 0 spiro atoms. The van der Waals surface area contributed by atoms with Crippen LogP contribution in [0.1, 0.15) is 11.4 Å². The van der Waals surface area contributed by atoms with Gasteiger partial charge in [0.2, 0.25) is 0 Å². The maximum Gasteiger partial charge on any atom is 0.169 e. The molecule has 2 aromatic rings. The Labute approximate surface area is 123 Å². The number of thiazole rings is 2. The molecule has 2 atom stereocenters. The van der Waals surface area contributed by atoms with Crippen LogP contribution in [0.15, 0.2) is 21.8 Å².